The normalized spacial score (nSPS) is 22.9. The van der Waals surface area contributed by atoms with Crippen molar-refractivity contribution in [3.05, 3.63) is 0 Å². The molecule has 6 heteroatoms. The van der Waals surface area contributed by atoms with E-state index in [2.05, 4.69) is 41.5 Å². The second-order valence-corrected chi connectivity index (χ2v) is 22.0. The summed E-state index contributed by atoms with van der Waals surface area (Å²) >= 11 is 0. The van der Waals surface area contributed by atoms with Crippen LogP contribution >= 0.6 is 0 Å². The Morgan fingerprint density at radius 1 is 0.429 bits per heavy atom. The summed E-state index contributed by atoms with van der Waals surface area (Å²) in [6.45, 7) is 15.1. The van der Waals surface area contributed by atoms with Gasteiger partial charge >= 0.3 is 17.1 Å². The van der Waals surface area contributed by atoms with E-state index in [0.717, 1.165) is 48.2 Å². The maximum Gasteiger partial charge on any atom is 0.345 e. The van der Waals surface area contributed by atoms with E-state index in [4.69, 9.17) is 17.7 Å². The fourth-order valence-electron chi connectivity index (χ4n) is 8.87. The number of hydrogen-bond donors (Lipinski definition) is 0. The van der Waals surface area contributed by atoms with Crippen LogP contribution in [0.3, 0.4) is 0 Å². The Kier molecular flexibility index (Phi) is 17.2. The van der Waals surface area contributed by atoms with E-state index in [-0.39, 0.29) is 0 Å². The van der Waals surface area contributed by atoms with Crippen molar-refractivity contribution >= 4 is 17.1 Å². The van der Waals surface area contributed by atoms with E-state index in [1.807, 2.05) is 0 Å². The van der Waals surface area contributed by atoms with Gasteiger partial charge in [-0.05, 0) is 91.9 Å². The van der Waals surface area contributed by atoms with E-state index in [1.54, 1.807) is 0 Å². The van der Waals surface area contributed by atoms with Crippen LogP contribution in [-0.4, -0.2) is 42.5 Å². The summed E-state index contributed by atoms with van der Waals surface area (Å²) in [5.41, 5.74) is 3.01. The molecule has 0 heterocycles. The molecule has 0 bridgehead atoms. The molecule has 4 aliphatic rings. The molecular formula is C36H72O4Si2. The van der Waals surface area contributed by atoms with Gasteiger partial charge in [0.1, 0.15) is 0 Å². The molecule has 0 N–H and O–H groups in total. The Morgan fingerprint density at radius 2 is 0.690 bits per heavy atom. The van der Waals surface area contributed by atoms with E-state index >= 15 is 0 Å². The summed E-state index contributed by atoms with van der Waals surface area (Å²) in [6.07, 6.45) is 30.6. The zero-order valence-electron chi connectivity index (χ0n) is 29.1. The Labute approximate surface area is 264 Å². The minimum Gasteiger partial charge on any atom is -0.394 e. The van der Waals surface area contributed by atoms with Crippen LogP contribution in [0.25, 0.3) is 0 Å². The lowest BCUT2D eigenvalue weighted by Crippen LogP contribution is -2.54. The van der Waals surface area contributed by atoms with Crippen LogP contribution in [0.4, 0.5) is 0 Å². The lowest BCUT2D eigenvalue weighted by atomic mass is 9.99. The van der Waals surface area contributed by atoms with Crippen LogP contribution in [0.5, 0.6) is 0 Å². The van der Waals surface area contributed by atoms with Crippen LogP contribution in [0.15, 0.2) is 0 Å². The Morgan fingerprint density at radius 3 is 0.929 bits per heavy atom. The van der Waals surface area contributed by atoms with Crippen molar-refractivity contribution in [2.24, 2.45) is 0 Å². The third kappa shape index (κ3) is 10.7. The summed E-state index contributed by atoms with van der Waals surface area (Å²) in [5.74, 6) is 0. The van der Waals surface area contributed by atoms with Crippen molar-refractivity contribution in [1.82, 2.24) is 0 Å². The van der Waals surface area contributed by atoms with Gasteiger partial charge in [-0.3, -0.25) is 0 Å². The minimum atomic E-state index is -2.12. The molecule has 248 valence electrons. The third-order valence-corrected chi connectivity index (χ3v) is 20.5. The van der Waals surface area contributed by atoms with E-state index < -0.39 is 17.1 Å². The maximum absolute atomic E-state index is 6.74. The molecule has 0 amide bonds. The Balaban J connectivity index is 0.000000230. The molecule has 0 aromatic carbocycles. The predicted octanol–water partition coefficient (Wildman–Crippen LogP) is 11.9. The second-order valence-electron chi connectivity index (χ2n) is 14.8. The Hall–Kier alpha value is 0.274. The first kappa shape index (κ1) is 36.7. The first-order valence-electron chi connectivity index (χ1n) is 19.0. The summed E-state index contributed by atoms with van der Waals surface area (Å²) < 4.78 is 26.8. The molecule has 4 nitrogen and oxygen atoms in total. The van der Waals surface area contributed by atoms with Gasteiger partial charge in [0.05, 0.1) is 0 Å². The lowest BCUT2D eigenvalue weighted by Gasteiger charge is -2.47. The van der Waals surface area contributed by atoms with Crippen LogP contribution in [-0.2, 0) is 17.7 Å². The van der Waals surface area contributed by atoms with Crippen molar-refractivity contribution in [3.63, 3.8) is 0 Å². The highest BCUT2D eigenvalue weighted by molar-refractivity contribution is 6.71. The topological polar surface area (TPSA) is 36.9 Å². The van der Waals surface area contributed by atoms with Crippen LogP contribution < -0.4 is 0 Å². The second kappa shape index (κ2) is 19.7. The fraction of sp³-hybridized carbons (Fsp3) is 1.00. The van der Waals surface area contributed by atoms with Gasteiger partial charge in [-0.2, -0.15) is 0 Å². The van der Waals surface area contributed by atoms with Gasteiger partial charge in [0.15, 0.2) is 0 Å². The van der Waals surface area contributed by atoms with Crippen molar-refractivity contribution in [2.45, 2.75) is 217 Å². The molecule has 0 aromatic rings. The third-order valence-electron chi connectivity index (χ3n) is 10.6. The molecule has 0 aliphatic heterocycles. The van der Waals surface area contributed by atoms with Gasteiger partial charge in [-0.1, -0.05) is 90.9 Å². The summed E-state index contributed by atoms with van der Waals surface area (Å²) in [4.78, 5) is 0. The summed E-state index contributed by atoms with van der Waals surface area (Å²) in [5, 5.41) is 0. The van der Waals surface area contributed by atoms with Crippen molar-refractivity contribution in [3.8, 4) is 0 Å². The monoisotopic (exact) mass is 624 g/mol. The molecule has 4 aliphatic carbocycles. The van der Waals surface area contributed by atoms with Gasteiger partial charge in [0.2, 0.25) is 0 Å². The molecule has 0 spiro atoms. The first-order valence-corrected chi connectivity index (χ1v) is 23.0. The minimum absolute atomic E-state index is 0.305. The zero-order valence-corrected chi connectivity index (χ0v) is 31.1. The number of hydrogen-bond acceptors (Lipinski definition) is 4. The quantitative estimate of drug-likeness (QED) is 0.180. The first-order chi connectivity index (χ1) is 20.4. The highest BCUT2D eigenvalue weighted by Crippen LogP contribution is 2.51. The van der Waals surface area contributed by atoms with Gasteiger partial charge in [-0.15, -0.1) is 0 Å². The van der Waals surface area contributed by atoms with Crippen molar-refractivity contribution in [1.29, 1.82) is 0 Å². The van der Waals surface area contributed by atoms with Crippen molar-refractivity contribution in [2.75, 3.05) is 13.2 Å². The molecule has 4 rings (SSSR count). The van der Waals surface area contributed by atoms with Crippen LogP contribution in [0.2, 0.25) is 22.2 Å². The van der Waals surface area contributed by atoms with Gasteiger partial charge in [-0.25, -0.2) is 0 Å². The number of rotatable bonds is 14. The van der Waals surface area contributed by atoms with E-state index in [0.29, 0.717) is 12.2 Å². The molecule has 0 aromatic heterocycles. The van der Waals surface area contributed by atoms with Crippen molar-refractivity contribution < 1.29 is 17.7 Å². The lowest BCUT2D eigenvalue weighted by molar-refractivity contribution is 0.0794. The molecule has 4 fully saturated rings. The smallest absolute Gasteiger partial charge is 0.345 e. The summed E-state index contributed by atoms with van der Waals surface area (Å²) in [6, 6.07) is 0. The van der Waals surface area contributed by atoms with Gasteiger partial charge in [0.25, 0.3) is 0 Å². The molecule has 4 saturated carbocycles. The molecule has 42 heavy (non-hydrogen) atoms. The zero-order chi connectivity index (χ0) is 30.3. The average molecular weight is 625 g/mol. The highest BCUT2D eigenvalue weighted by Gasteiger charge is 2.54. The van der Waals surface area contributed by atoms with Gasteiger partial charge < -0.3 is 17.7 Å². The predicted molar refractivity (Wildman–Crippen MR) is 184 cm³/mol. The molecule has 0 saturated heterocycles. The van der Waals surface area contributed by atoms with Gasteiger partial charge in [0, 0.05) is 47.6 Å². The van der Waals surface area contributed by atoms with Crippen LogP contribution in [0.1, 0.15) is 183 Å². The fourth-order valence-corrected chi connectivity index (χ4v) is 19.4. The largest absolute Gasteiger partial charge is 0.394 e. The highest BCUT2D eigenvalue weighted by atomic mass is 28.4. The maximum atomic E-state index is 6.74. The SMILES string of the molecule is CC(C)O[Si](OC(C)C)(C1CCCCC1)C1CCCCC1.CCCO[Si](OCCC)(C1CCCCC1)C1CCCCC1. The molecule has 0 unspecified atom stereocenters. The van der Waals surface area contributed by atoms with E-state index in [1.165, 1.54) is 128 Å². The molecular weight excluding hydrogens is 553 g/mol. The standard InChI is InChI=1S/2C18H36O2Si/c1-15(2)19-21(20-16(3)4,17-11-7-5-8-12-17)18-13-9-6-10-14-18;1-3-15-19-21(20-16-4-2,17-11-7-5-8-12-17)18-13-9-6-10-14-18/h15-18H,5-14H2,1-4H3;17-18H,3-16H2,1-2H3. The molecule has 0 radical (unpaired) electrons. The van der Waals surface area contributed by atoms with Crippen LogP contribution in [0, 0.1) is 0 Å². The van der Waals surface area contributed by atoms with E-state index in [9.17, 15) is 0 Å². The summed E-state index contributed by atoms with van der Waals surface area (Å²) in [7, 11) is -4.16. The Bertz CT molecular complexity index is 620. The molecule has 0 atom stereocenters. The average Bonchev–Trinajstić information content (AvgIpc) is 3.02.